The Kier molecular flexibility index (Phi) is 7.73. The minimum absolute atomic E-state index is 0.437. The molecule has 0 saturated heterocycles. The van der Waals surface area contributed by atoms with Crippen LogP contribution in [0.3, 0.4) is 0 Å². The maximum Gasteiger partial charge on any atom is 0.164 e. The predicted molar refractivity (Wildman–Crippen MR) is 222 cm³/mol. The first-order valence-electron chi connectivity index (χ1n) is 18.7. The molecule has 0 saturated carbocycles. The van der Waals surface area contributed by atoms with Gasteiger partial charge >= 0.3 is 0 Å². The summed E-state index contributed by atoms with van der Waals surface area (Å²) in [5.74, 6) is 2.39. The molecule has 0 aliphatic heterocycles. The fraction of sp³-hybridized carbons (Fsp3) is 0.0784. The third kappa shape index (κ3) is 5.23. The van der Waals surface area contributed by atoms with Crippen molar-refractivity contribution < 1.29 is 0 Å². The number of nitrogens with zero attached hydrogens (tertiary/aromatic N) is 3. The van der Waals surface area contributed by atoms with Gasteiger partial charge in [-0.25, -0.2) is 15.0 Å². The van der Waals surface area contributed by atoms with Gasteiger partial charge in [-0.3, -0.25) is 0 Å². The number of hydrogen-bond donors (Lipinski definition) is 0. The van der Waals surface area contributed by atoms with Crippen molar-refractivity contribution in [3.05, 3.63) is 210 Å². The lowest BCUT2D eigenvalue weighted by molar-refractivity contribution is 0.615. The molecule has 0 amide bonds. The molecule has 7 aromatic carbocycles. The first kappa shape index (κ1) is 32.0. The highest BCUT2D eigenvalue weighted by molar-refractivity contribution is 5.97. The van der Waals surface area contributed by atoms with E-state index >= 15 is 0 Å². The smallest absolute Gasteiger partial charge is 0.164 e. The van der Waals surface area contributed by atoms with Gasteiger partial charge in [-0.2, -0.15) is 0 Å². The highest BCUT2D eigenvalue weighted by Gasteiger charge is 2.47. The van der Waals surface area contributed by atoms with Gasteiger partial charge in [0.1, 0.15) is 0 Å². The summed E-state index contributed by atoms with van der Waals surface area (Å²) in [6, 6.07) is 60.8. The first-order valence-corrected chi connectivity index (χ1v) is 18.7. The average molecular weight is 692 g/mol. The van der Waals surface area contributed by atoms with Crippen molar-refractivity contribution in [1.82, 2.24) is 15.0 Å². The molecule has 0 spiro atoms. The Labute approximate surface area is 316 Å². The molecule has 0 N–H and O–H groups in total. The quantitative estimate of drug-likeness (QED) is 0.174. The molecule has 3 nitrogen and oxygen atoms in total. The number of aromatic nitrogens is 3. The molecule has 54 heavy (non-hydrogen) atoms. The highest BCUT2D eigenvalue weighted by atomic mass is 15.0. The van der Waals surface area contributed by atoms with Crippen LogP contribution >= 0.6 is 0 Å². The molecule has 3 heteroatoms. The van der Waals surface area contributed by atoms with Crippen LogP contribution in [0.4, 0.5) is 0 Å². The Morgan fingerprint density at radius 3 is 1.69 bits per heavy atom. The van der Waals surface area contributed by atoms with E-state index in [1.807, 2.05) is 36.4 Å². The SMILES string of the molecule is CC1C=CC=C(C2(c3ccccc3)c3ccccc3-c3ccc(-c4cc5ccccc5cc4-c4nc(-c5ccccc5)nc(-c5ccccc5)n4)cc32)C1. The fourth-order valence-electron chi connectivity index (χ4n) is 8.69. The molecule has 2 unspecified atom stereocenters. The Morgan fingerprint density at radius 1 is 0.463 bits per heavy atom. The maximum atomic E-state index is 5.22. The summed E-state index contributed by atoms with van der Waals surface area (Å²) in [5.41, 5.74) is 12.6. The summed E-state index contributed by atoms with van der Waals surface area (Å²) in [6.45, 7) is 2.32. The summed E-state index contributed by atoms with van der Waals surface area (Å²) >= 11 is 0. The molecule has 256 valence electrons. The van der Waals surface area contributed by atoms with E-state index in [4.69, 9.17) is 15.0 Å². The lowest BCUT2D eigenvalue weighted by Crippen LogP contribution is -2.31. The molecule has 0 bridgehead atoms. The van der Waals surface area contributed by atoms with Gasteiger partial charge in [-0.1, -0.05) is 182 Å². The fourth-order valence-corrected chi connectivity index (χ4v) is 8.69. The average Bonchev–Trinajstić information content (AvgIpc) is 3.54. The molecule has 2 atom stereocenters. The number of rotatable bonds is 6. The van der Waals surface area contributed by atoms with Crippen LogP contribution in [0, 0.1) is 5.92 Å². The Morgan fingerprint density at radius 2 is 1.02 bits per heavy atom. The van der Waals surface area contributed by atoms with Gasteiger partial charge in [0, 0.05) is 16.7 Å². The summed E-state index contributed by atoms with van der Waals surface area (Å²) < 4.78 is 0. The third-order valence-electron chi connectivity index (χ3n) is 11.1. The van der Waals surface area contributed by atoms with Gasteiger partial charge in [-0.15, -0.1) is 0 Å². The topological polar surface area (TPSA) is 38.7 Å². The van der Waals surface area contributed by atoms with E-state index in [1.54, 1.807) is 0 Å². The van der Waals surface area contributed by atoms with E-state index in [-0.39, 0.29) is 0 Å². The molecule has 1 aromatic heterocycles. The number of fused-ring (bicyclic) bond motifs is 4. The van der Waals surface area contributed by atoms with Gasteiger partial charge in [0.05, 0.1) is 5.41 Å². The van der Waals surface area contributed by atoms with Crippen molar-refractivity contribution in [2.24, 2.45) is 5.92 Å². The standard InChI is InChI=1S/C51H37N3/c1-34-16-15-25-41(30-34)51(40-23-9-4-10-24-40)46-27-14-13-26-42(46)43-29-28-39(33-47(43)51)44-31-37-21-11-12-22-38(37)32-45(44)50-53-48(35-17-5-2-6-18-35)52-49(54-50)36-19-7-3-8-20-36/h2-29,31-34H,30H2,1H3. The summed E-state index contributed by atoms with van der Waals surface area (Å²) in [6.07, 6.45) is 7.94. The van der Waals surface area contributed by atoms with Gasteiger partial charge in [0.2, 0.25) is 0 Å². The first-order chi connectivity index (χ1) is 26.7. The lowest BCUT2D eigenvalue weighted by atomic mass is 9.64. The van der Waals surface area contributed by atoms with Crippen molar-refractivity contribution in [1.29, 1.82) is 0 Å². The molecular weight excluding hydrogens is 655 g/mol. The predicted octanol–water partition coefficient (Wildman–Crippen LogP) is 12.5. The molecule has 2 aliphatic rings. The Balaban J connectivity index is 1.25. The number of allylic oxidation sites excluding steroid dienone is 4. The number of benzene rings is 7. The van der Waals surface area contributed by atoms with E-state index in [2.05, 4.69) is 159 Å². The van der Waals surface area contributed by atoms with Crippen LogP contribution in [0.5, 0.6) is 0 Å². The third-order valence-corrected chi connectivity index (χ3v) is 11.1. The lowest BCUT2D eigenvalue weighted by Gasteiger charge is -2.38. The Hall–Kier alpha value is -6.71. The van der Waals surface area contributed by atoms with Gasteiger partial charge < -0.3 is 0 Å². The molecule has 8 aromatic rings. The van der Waals surface area contributed by atoms with Crippen LogP contribution in [-0.4, -0.2) is 15.0 Å². The van der Waals surface area contributed by atoms with E-state index < -0.39 is 5.41 Å². The highest BCUT2D eigenvalue weighted by Crippen LogP contribution is 2.58. The normalized spacial score (nSPS) is 17.2. The van der Waals surface area contributed by atoms with E-state index in [0.29, 0.717) is 23.4 Å². The molecular formula is C51H37N3. The zero-order valence-corrected chi connectivity index (χ0v) is 30.0. The number of hydrogen-bond acceptors (Lipinski definition) is 3. The van der Waals surface area contributed by atoms with Gasteiger partial charge in [-0.05, 0) is 80.3 Å². The summed E-state index contributed by atoms with van der Waals surface area (Å²) in [4.78, 5) is 15.4. The van der Waals surface area contributed by atoms with Gasteiger partial charge in [0.25, 0.3) is 0 Å². The second-order valence-electron chi connectivity index (χ2n) is 14.5. The van der Waals surface area contributed by atoms with Crippen LogP contribution in [0.15, 0.2) is 194 Å². The minimum atomic E-state index is -0.437. The van der Waals surface area contributed by atoms with Crippen LogP contribution in [0.1, 0.15) is 30.0 Å². The van der Waals surface area contributed by atoms with Crippen molar-refractivity contribution >= 4 is 10.8 Å². The largest absolute Gasteiger partial charge is 0.208 e. The van der Waals surface area contributed by atoms with Gasteiger partial charge in [0.15, 0.2) is 17.5 Å². The van der Waals surface area contributed by atoms with Crippen molar-refractivity contribution in [2.45, 2.75) is 18.8 Å². The summed E-state index contributed by atoms with van der Waals surface area (Å²) in [5, 5.41) is 2.31. The summed E-state index contributed by atoms with van der Waals surface area (Å²) in [7, 11) is 0. The second-order valence-corrected chi connectivity index (χ2v) is 14.5. The van der Waals surface area contributed by atoms with Crippen LogP contribution in [0.25, 0.3) is 67.2 Å². The molecule has 2 aliphatic carbocycles. The Bertz CT molecular complexity index is 2690. The monoisotopic (exact) mass is 691 g/mol. The van der Waals surface area contributed by atoms with Crippen molar-refractivity contribution in [3.8, 4) is 56.4 Å². The van der Waals surface area contributed by atoms with E-state index in [0.717, 1.165) is 39.6 Å². The molecule has 10 rings (SSSR count). The maximum absolute atomic E-state index is 5.22. The van der Waals surface area contributed by atoms with Crippen LogP contribution in [0.2, 0.25) is 0 Å². The molecule has 0 fully saturated rings. The molecule has 1 heterocycles. The van der Waals surface area contributed by atoms with Crippen molar-refractivity contribution in [2.75, 3.05) is 0 Å². The van der Waals surface area contributed by atoms with Crippen molar-refractivity contribution in [3.63, 3.8) is 0 Å². The second kappa shape index (κ2) is 13.1. The minimum Gasteiger partial charge on any atom is -0.208 e. The molecule has 0 radical (unpaired) electrons. The zero-order chi connectivity index (χ0) is 36.1. The van der Waals surface area contributed by atoms with Crippen LogP contribution in [-0.2, 0) is 5.41 Å². The van der Waals surface area contributed by atoms with E-state index in [9.17, 15) is 0 Å². The zero-order valence-electron chi connectivity index (χ0n) is 30.0. The van der Waals surface area contributed by atoms with Crippen LogP contribution < -0.4 is 0 Å². The van der Waals surface area contributed by atoms with E-state index in [1.165, 1.54) is 38.8 Å².